The number of carboxylic acids is 1. The Hall–Kier alpha value is -11.4. The van der Waals surface area contributed by atoms with E-state index in [1.165, 1.54) is 64.9 Å². The summed E-state index contributed by atoms with van der Waals surface area (Å²) >= 11 is 3.15. The number of oxazole rings is 2. The second kappa shape index (κ2) is 34.1. The van der Waals surface area contributed by atoms with Crippen molar-refractivity contribution < 1.29 is 23.5 Å². The van der Waals surface area contributed by atoms with E-state index in [-0.39, 0.29) is 75.2 Å². The molecule has 90 heavy (non-hydrogen) atoms. The number of hydrogen-bond donors (Lipinski definition) is 4. The summed E-state index contributed by atoms with van der Waals surface area (Å²) < 4.78 is 14.1. The number of aromatic carboxylic acids is 1. The van der Waals surface area contributed by atoms with Gasteiger partial charge in [0.1, 0.15) is 41.2 Å². The lowest BCUT2D eigenvalue weighted by Crippen LogP contribution is -2.16. The van der Waals surface area contributed by atoms with E-state index in [0.29, 0.717) is 46.0 Å². The molecule has 0 saturated heterocycles. The Kier molecular flexibility index (Phi) is 26.3. The quantitative estimate of drug-likeness (QED) is 0.0474. The molecule has 464 valence electrons. The van der Waals surface area contributed by atoms with Crippen LogP contribution in [0.3, 0.4) is 0 Å². The minimum atomic E-state index is -1.31. The van der Waals surface area contributed by atoms with Crippen LogP contribution in [0.4, 0.5) is 40.7 Å². The second-order valence-corrected chi connectivity index (χ2v) is 20.2. The number of carboxylic acid groups (broad SMARTS) is 1. The minimum Gasteiger partial charge on any atom is -0.476 e. The number of pyridine rings is 6. The molecule has 10 rings (SSSR count). The van der Waals surface area contributed by atoms with E-state index in [1.807, 2.05) is 106 Å². The molecule has 0 unspecified atom stereocenters. The number of nitrogen functional groups attached to an aromatic ring is 2. The number of aryl methyl sites for hydroxylation is 3. The van der Waals surface area contributed by atoms with Crippen LogP contribution in [0.15, 0.2) is 157 Å². The summed E-state index contributed by atoms with van der Waals surface area (Å²) in [7, 11) is 14.7. The Morgan fingerprint density at radius 1 is 0.578 bits per heavy atom. The molecule has 0 aliphatic heterocycles. The van der Waals surface area contributed by atoms with Gasteiger partial charge in [-0.1, -0.05) is 57.7 Å². The van der Waals surface area contributed by atoms with Crippen molar-refractivity contribution in [3.05, 3.63) is 205 Å². The van der Waals surface area contributed by atoms with E-state index in [1.54, 1.807) is 50.6 Å². The Morgan fingerprint density at radius 3 is 1.41 bits per heavy atom. The summed E-state index contributed by atoms with van der Waals surface area (Å²) in [5.74, 6) is 1.96. The van der Waals surface area contributed by atoms with Crippen LogP contribution in [0.5, 0.6) is 0 Å². The van der Waals surface area contributed by atoms with Crippen LogP contribution in [0.2, 0.25) is 0 Å². The fraction of sp³-hybridized carbons (Fsp3) is 0.226. The number of nitrogens with two attached hydrogens (primary N) is 3. The molecule has 0 aromatic carbocycles. The maximum Gasteiger partial charge on any atom is 0.358 e. The van der Waals surface area contributed by atoms with Gasteiger partial charge in [-0.2, -0.15) is 0 Å². The van der Waals surface area contributed by atoms with Gasteiger partial charge >= 0.3 is 5.97 Å². The molecule has 10 heterocycles. The largest absolute Gasteiger partial charge is 0.476 e. The fourth-order valence-corrected chi connectivity index (χ4v) is 7.67. The van der Waals surface area contributed by atoms with Crippen molar-refractivity contribution >= 4 is 68.4 Å². The maximum atomic E-state index is 13.0. The molecule has 7 N–H and O–H groups in total. The molecule has 0 aliphatic rings. The monoisotopic (exact) mass is 1280 g/mol. The SMILES string of the molecule is CCC.CN(C)c1cccc(CCC(=O)c2nc(-c3ccc(=O)n(C)c3)c(-c3ncco3)nc2N)n1.CN(C)c1cccc(CN)n1.Cn1cc(-c2nc(C(=O)O)c(N)nc2-c2ncco2)ccc1=O.[C-]#[N+]c1cccc(Br)n1.[C-]#[N+]c1cccc(N(C)C)n1. The highest BCUT2D eigenvalue weighted by Gasteiger charge is 2.24. The number of Topliss-reactive ketones (excluding diaryl/α,β-unsaturated/α-hetero) is 1. The first-order valence-electron chi connectivity index (χ1n) is 27.3. The van der Waals surface area contributed by atoms with Gasteiger partial charge in [-0.25, -0.2) is 44.7 Å². The molecule has 10 aromatic heterocycles. The zero-order valence-corrected chi connectivity index (χ0v) is 52.7. The summed E-state index contributed by atoms with van der Waals surface area (Å²) in [6, 6.07) is 28.0. The predicted octanol–water partition coefficient (Wildman–Crippen LogP) is 9.25. The summed E-state index contributed by atoms with van der Waals surface area (Å²) in [5, 5.41) is 9.18. The van der Waals surface area contributed by atoms with E-state index in [9.17, 15) is 24.3 Å². The molecule has 27 nitrogen and oxygen atoms in total. The minimum absolute atomic E-state index is 0.0169. The molecule has 0 atom stereocenters. The lowest BCUT2D eigenvalue weighted by atomic mass is 10.1. The summed E-state index contributed by atoms with van der Waals surface area (Å²) in [6.07, 6.45) is 10.6. The van der Waals surface area contributed by atoms with Crippen LogP contribution < -0.4 is 43.0 Å². The van der Waals surface area contributed by atoms with Gasteiger partial charge in [0.2, 0.25) is 28.7 Å². The molecule has 10 aromatic rings. The molecular formula is C62H67BrN20O7. The number of carbonyl (C=O) groups is 2. The van der Waals surface area contributed by atoms with Crippen LogP contribution in [0.1, 0.15) is 59.1 Å². The van der Waals surface area contributed by atoms with E-state index < -0.39 is 5.97 Å². The second-order valence-electron chi connectivity index (χ2n) is 19.4. The first-order valence-corrected chi connectivity index (χ1v) is 28.1. The van der Waals surface area contributed by atoms with Crippen molar-refractivity contribution in [1.82, 2.24) is 59.0 Å². The van der Waals surface area contributed by atoms with E-state index in [0.717, 1.165) is 28.8 Å². The molecule has 0 spiro atoms. The van der Waals surface area contributed by atoms with Crippen LogP contribution in [-0.2, 0) is 27.1 Å². The topological polar surface area (TPSA) is 350 Å². The first kappa shape index (κ1) is 69.4. The fourth-order valence-electron chi connectivity index (χ4n) is 7.34. The number of halogens is 1. The zero-order chi connectivity index (χ0) is 66.0. The van der Waals surface area contributed by atoms with Crippen molar-refractivity contribution in [2.45, 2.75) is 39.7 Å². The Morgan fingerprint density at radius 2 is 1.00 bits per heavy atom. The van der Waals surface area contributed by atoms with E-state index >= 15 is 0 Å². The molecule has 0 radical (unpaired) electrons. The van der Waals surface area contributed by atoms with Gasteiger partial charge in [0.15, 0.2) is 39.1 Å². The van der Waals surface area contributed by atoms with Crippen molar-refractivity contribution in [2.24, 2.45) is 19.8 Å². The molecule has 0 saturated carbocycles. The predicted molar refractivity (Wildman–Crippen MR) is 349 cm³/mol. The standard InChI is InChI=1S/C23H23N7O3.C14H11N5O4.C8H9N3.C8H13N3.C6H3BrN2.C3H8/c1-29(2)17-6-4-5-15(26-17)8-9-16(31)20-22(24)28-21(23-25-11-12-33-23)19(27-20)14-7-10-18(32)30(3)13-14;1-19-6-7(2-3-8(19)20)9-10(13-16-4-5-23-13)18-12(15)11(17-9)14(21)22;1-9-7-5-4-6-8(10-7)11(2)3;1-11(2)8-5-3-4-7(6-9)10-8;1-8-6-4-2-3-5(7)9-6;1-3-2/h4-7,10-13H,8-9H2,1-3H3,(H2,24,28);2-6H,1H3,(H2,15,18)(H,21,22);4-6H,2-3H3;3-5H,6,9H2,1-2H3;2-4H;3H2,1-2H3. The number of anilines is 5. The number of rotatable bonds is 13. The van der Waals surface area contributed by atoms with Gasteiger partial charge in [0.05, 0.1) is 18.1 Å². The lowest BCUT2D eigenvalue weighted by Gasteiger charge is -2.13. The van der Waals surface area contributed by atoms with Gasteiger partial charge < -0.3 is 64.7 Å². The summed E-state index contributed by atoms with van der Waals surface area (Å²) in [6.45, 7) is 18.1. The van der Waals surface area contributed by atoms with Gasteiger partial charge in [0, 0.05) is 117 Å². The highest BCUT2D eigenvalue weighted by Crippen LogP contribution is 2.31. The zero-order valence-electron chi connectivity index (χ0n) is 51.1. The Balaban J connectivity index is 0.000000222. The maximum absolute atomic E-state index is 13.0. The van der Waals surface area contributed by atoms with E-state index in [4.69, 9.17) is 39.2 Å². The molecule has 28 heteroatoms. The number of ketones is 1. The normalized spacial score (nSPS) is 10.0. The summed E-state index contributed by atoms with van der Waals surface area (Å²) in [4.78, 5) is 102. The van der Waals surface area contributed by atoms with Gasteiger partial charge in [0.25, 0.3) is 11.6 Å². The van der Waals surface area contributed by atoms with Crippen LogP contribution in [0.25, 0.3) is 55.4 Å². The van der Waals surface area contributed by atoms with Crippen LogP contribution >= 0.6 is 15.9 Å². The molecular weight excluding hydrogens is 1220 g/mol. The van der Waals surface area contributed by atoms with Crippen molar-refractivity contribution in [2.75, 3.05) is 68.5 Å². The van der Waals surface area contributed by atoms with Crippen LogP contribution in [-0.4, -0.2) is 118 Å². The van der Waals surface area contributed by atoms with Crippen LogP contribution in [0, 0.1) is 13.1 Å². The van der Waals surface area contributed by atoms with Gasteiger partial charge in [-0.3, -0.25) is 14.4 Å². The average Bonchev–Trinajstić information content (AvgIpc) is 1.30. The van der Waals surface area contributed by atoms with E-state index in [2.05, 4.69) is 89.3 Å². The van der Waals surface area contributed by atoms with Crippen molar-refractivity contribution in [3.63, 3.8) is 0 Å². The number of hydrogen-bond acceptors (Lipinski definition) is 22. The molecule has 0 fully saturated rings. The van der Waals surface area contributed by atoms with Gasteiger partial charge in [-0.05, 0) is 76.9 Å². The van der Waals surface area contributed by atoms with Gasteiger partial charge in [-0.15, -0.1) is 9.97 Å². The third-order valence-electron chi connectivity index (χ3n) is 11.7. The number of aromatic nitrogens is 12. The smallest absolute Gasteiger partial charge is 0.358 e. The Labute approximate surface area is 527 Å². The lowest BCUT2D eigenvalue weighted by molar-refractivity contribution is 0.0691. The number of nitrogens with zero attached hydrogens (tertiary/aromatic N) is 17. The van der Waals surface area contributed by atoms with Crippen molar-refractivity contribution in [3.8, 4) is 45.7 Å². The highest BCUT2D eigenvalue weighted by atomic mass is 79.9. The molecule has 0 amide bonds. The summed E-state index contributed by atoms with van der Waals surface area (Å²) in [5.41, 5.74) is 20.3. The highest BCUT2D eigenvalue weighted by molar-refractivity contribution is 9.10. The first-order chi connectivity index (χ1) is 43.0. The third-order valence-corrected chi connectivity index (χ3v) is 12.2. The number of carbonyl (C=O) groups excluding carboxylic acids is 1. The molecule has 0 aliphatic carbocycles. The average molecular weight is 1280 g/mol. The Bertz CT molecular complexity index is 4220. The van der Waals surface area contributed by atoms with Crippen molar-refractivity contribution in [1.29, 1.82) is 0 Å². The third kappa shape index (κ3) is 20.1. The molecule has 0 bridgehead atoms.